The van der Waals surface area contributed by atoms with Crippen molar-refractivity contribution in [1.29, 1.82) is 0 Å². The van der Waals surface area contributed by atoms with Gasteiger partial charge in [-0.1, -0.05) is 12.1 Å². The number of hydrogen-bond acceptors (Lipinski definition) is 4. The van der Waals surface area contributed by atoms with Crippen LogP contribution in [-0.2, 0) is 17.5 Å². The number of nitrogens with zero attached hydrogens (tertiary/aromatic N) is 3. The van der Waals surface area contributed by atoms with Gasteiger partial charge in [-0.2, -0.15) is 18.3 Å². The van der Waals surface area contributed by atoms with Crippen LogP contribution in [0.3, 0.4) is 0 Å². The summed E-state index contributed by atoms with van der Waals surface area (Å²) in [5.74, 6) is -0.723. The number of alkyl halides is 3. The molecule has 2 rings (SSSR count). The number of anilines is 1. The number of halogens is 3. The maximum absolute atomic E-state index is 12.6. The summed E-state index contributed by atoms with van der Waals surface area (Å²) >= 11 is 0. The second-order valence-electron chi connectivity index (χ2n) is 4.65. The quantitative estimate of drug-likeness (QED) is 0.690. The molecule has 0 aliphatic carbocycles. The van der Waals surface area contributed by atoms with Gasteiger partial charge in [0.2, 0.25) is 5.91 Å². The highest BCUT2D eigenvalue weighted by atomic mass is 19.4. The third-order valence-corrected chi connectivity index (χ3v) is 2.94. The molecule has 0 aliphatic heterocycles. The van der Waals surface area contributed by atoms with Crippen molar-refractivity contribution >= 4 is 17.3 Å². The van der Waals surface area contributed by atoms with Crippen LogP contribution in [0.25, 0.3) is 0 Å². The van der Waals surface area contributed by atoms with Crippen molar-refractivity contribution in [1.82, 2.24) is 9.78 Å². The maximum Gasteiger partial charge on any atom is 0.435 e. The van der Waals surface area contributed by atoms with Gasteiger partial charge in [-0.15, -0.1) is 0 Å². The van der Waals surface area contributed by atoms with E-state index >= 15 is 0 Å². The molecule has 23 heavy (non-hydrogen) atoms. The molecule has 0 atom stereocenters. The summed E-state index contributed by atoms with van der Waals surface area (Å²) in [6, 6.07) is 6.27. The number of nitrogens with one attached hydrogen (secondary N) is 1. The van der Waals surface area contributed by atoms with E-state index in [-0.39, 0.29) is 17.1 Å². The predicted molar refractivity (Wildman–Crippen MR) is 73.7 cm³/mol. The lowest BCUT2D eigenvalue weighted by molar-refractivity contribution is -0.383. The molecular weight excluding hydrogens is 317 g/mol. The number of benzene rings is 1. The second kappa shape index (κ2) is 6.07. The topological polar surface area (TPSA) is 90.1 Å². The molecule has 1 amide bonds. The first kappa shape index (κ1) is 16.5. The molecule has 2 aromatic rings. The number of carbonyl (C=O) groups excluding carboxylic acids is 1. The summed E-state index contributed by atoms with van der Waals surface area (Å²) in [6.07, 6.45) is -4.61. The molecule has 10 heteroatoms. The highest BCUT2D eigenvalue weighted by Crippen LogP contribution is 2.28. The number of rotatable bonds is 4. The molecule has 0 fully saturated rings. The maximum atomic E-state index is 12.6. The summed E-state index contributed by atoms with van der Waals surface area (Å²) in [5, 5.41) is 16.5. The average Bonchev–Trinajstić information content (AvgIpc) is 2.80. The molecule has 0 aliphatic rings. The van der Waals surface area contributed by atoms with Gasteiger partial charge in [0.05, 0.1) is 4.92 Å². The molecule has 0 unspecified atom stereocenters. The SMILES string of the molecule is Cc1cc(C(F)(F)F)nn1CC(=O)Nc1ccccc1[N+](=O)[O-]. The Kier molecular flexibility index (Phi) is 4.34. The lowest BCUT2D eigenvalue weighted by Crippen LogP contribution is -2.21. The van der Waals surface area contributed by atoms with Crippen molar-refractivity contribution < 1.29 is 22.9 Å². The molecule has 0 spiro atoms. The molecule has 0 bridgehead atoms. The van der Waals surface area contributed by atoms with Gasteiger partial charge in [-0.3, -0.25) is 19.6 Å². The van der Waals surface area contributed by atoms with Crippen molar-refractivity contribution in [2.75, 3.05) is 5.32 Å². The minimum Gasteiger partial charge on any atom is -0.319 e. The van der Waals surface area contributed by atoms with E-state index in [0.29, 0.717) is 0 Å². The Balaban J connectivity index is 2.15. The van der Waals surface area contributed by atoms with E-state index in [4.69, 9.17) is 0 Å². The molecular formula is C13H11F3N4O3. The van der Waals surface area contributed by atoms with Gasteiger partial charge in [0, 0.05) is 11.8 Å². The molecule has 1 N–H and O–H groups in total. The molecule has 122 valence electrons. The fraction of sp³-hybridized carbons (Fsp3) is 0.231. The third-order valence-electron chi connectivity index (χ3n) is 2.94. The minimum absolute atomic E-state index is 0.0386. The van der Waals surface area contributed by atoms with Crippen molar-refractivity contribution in [3.05, 3.63) is 51.8 Å². The summed E-state index contributed by atoms with van der Waals surface area (Å²) < 4.78 is 38.5. The first-order chi connectivity index (χ1) is 10.7. The molecule has 0 saturated carbocycles. The van der Waals surface area contributed by atoms with Crippen molar-refractivity contribution in [3.63, 3.8) is 0 Å². The molecule has 7 nitrogen and oxygen atoms in total. The number of nitro benzene ring substituents is 1. The van der Waals surface area contributed by atoms with E-state index in [9.17, 15) is 28.1 Å². The van der Waals surface area contributed by atoms with Crippen LogP contribution in [-0.4, -0.2) is 20.6 Å². The van der Waals surface area contributed by atoms with Gasteiger partial charge < -0.3 is 5.32 Å². The molecule has 1 aromatic heterocycles. The Morgan fingerprint density at radius 1 is 1.39 bits per heavy atom. The number of amides is 1. The van der Waals surface area contributed by atoms with E-state index in [0.717, 1.165) is 10.7 Å². The van der Waals surface area contributed by atoms with E-state index < -0.39 is 29.2 Å². The van der Waals surface area contributed by atoms with Gasteiger partial charge in [0.1, 0.15) is 12.2 Å². The van der Waals surface area contributed by atoms with Crippen molar-refractivity contribution in [2.45, 2.75) is 19.6 Å². The Morgan fingerprint density at radius 3 is 2.61 bits per heavy atom. The summed E-state index contributed by atoms with van der Waals surface area (Å²) in [4.78, 5) is 22.1. The largest absolute Gasteiger partial charge is 0.435 e. The monoisotopic (exact) mass is 328 g/mol. The highest BCUT2D eigenvalue weighted by Gasteiger charge is 2.34. The summed E-state index contributed by atoms with van der Waals surface area (Å²) in [7, 11) is 0. The van der Waals surface area contributed by atoms with E-state index in [1.54, 1.807) is 0 Å². The highest BCUT2D eigenvalue weighted by molar-refractivity contribution is 5.92. The van der Waals surface area contributed by atoms with Gasteiger partial charge in [-0.25, -0.2) is 0 Å². The predicted octanol–water partition coefficient (Wildman–Crippen LogP) is 2.76. The lowest BCUT2D eigenvalue weighted by atomic mass is 10.2. The Hall–Kier alpha value is -2.91. The van der Waals surface area contributed by atoms with Crippen LogP contribution in [0.5, 0.6) is 0 Å². The number of aryl methyl sites for hydroxylation is 1. The molecule has 1 aromatic carbocycles. The number of para-hydroxylation sites is 2. The minimum atomic E-state index is -4.61. The Bertz CT molecular complexity index is 755. The van der Waals surface area contributed by atoms with Crippen LogP contribution < -0.4 is 5.32 Å². The van der Waals surface area contributed by atoms with Gasteiger partial charge in [0.25, 0.3) is 5.69 Å². The van der Waals surface area contributed by atoms with E-state index in [2.05, 4.69) is 10.4 Å². The fourth-order valence-corrected chi connectivity index (χ4v) is 1.87. The number of carbonyl (C=O) groups is 1. The summed E-state index contributed by atoms with van der Waals surface area (Å²) in [6.45, 7) is 0.883. The normalized spacial score (nSPS) is 11.3. The van der Waals surface area contributed by atoms with Crippen LogP contribution in [0.2, 0.25) is 0 Å². The number of hydrogen-bond donors (Lipinski definition) is 1. The average molecular weight is 328 g/mol. The zero-order valence-corrected chi connectivity index (χ0v) is 11.8. The fourth-order valence-electron chi connectivity index (χ4n) is 1.87. The Labute approximate surface area is 127 Å². The van der Waals surface area contributed by atoms with E-state index in [1.165, 1.54) is 31.2 Å². The van der Waals surface area contributed by atoms with E-state index in [1.807, 2.05) is 0 Å². The smallest absolute Gasteiger partial charge is 0.319 e. The van der Waals surface area contributed by atoms with Crippen molar-refractivity contribution in [3.8, 4) is 0 Å². The lowest BCUT2D eigenvalue weighted by Gasteiger charge is -2.07. The van der Waals surface area contributed by atoms with Crippen molar-refractivity contribution in [2.24, 2.45) is 0 Å². The number of nitro groups is 1. The first-order valence-corrected chi connectivity index (χ1v) is 6.33. The van der Waals surface area contributed by atoms with Gasteiger partial charge in [0.15, 0.2) is 5.69 Å². The van der Waals surface area contributed by atoms with Crippen LogP contribution in [0.15, 0.2) is 30.3 Å². The standard InChI is InChI=1S/C13H11F3N4O3/c1-8-6-11(13(14,15)16)18-19(8)7-12(21)17-9-4-2-3-5-10(9)20(22)23/h2-6H,7H2,1H3,(H,17,21). The van der Waals surface area contributed by atoms with Gasteiger partial charge in [-0.05, 0) is 19.1 Å². The zero-order valence-electron chi connectivity index (χ0n) is 11.8. The van der Waals surface area contributed by atoms with Crippen LogP contribution in [0.1, 0.15) is 11.4 Å². The van der Waals surface area contributed by atoms with Gasteiger partial charge >= 0.3 is 6.18 Å². The molecule has 0 radical (unpaired) electrons. The zero-order chi connectivity index (χ0) is 17.2. The molecule has 1 heterocycles. The van der Waals surface area contributed by atoms with Crippen LogP contribution in [0.4, 0.5) is 24.5 Å². The Morgan fingerprint density at radius 2 is 2.04 bits per heavy atom. The van der Waals surface area contributed by atoms with Crippen LogP contribution >= 0.6 is 0 Å². The second-order valence-corrected chi connectivity index (χ2v) is 4.65. The first-order valence-electron chi connectivity index (χ1n) is 6.33. The third kappa shape index (κ3) is 3.84. The van der Waals surface area contributed by atoms with Crippen LogP contribution in [0, 0.1) is 17.0 Å². The summed E-state index contributed by atoms with van der Waals surface area (Å²) in [5.41, 5.74) is -1.30. The molecule has 0 saturated heterocycles. The number of aromatic nitrogens is 2.